The van der Waals surface area contributed by atoms with Gasteiger partial charge >= 0.3 is 0 Å². The predicted molar refractivity (Wildman–Crippen MR) is 55.4 cm³/mol. The van der Waals surface area contributed by atoms with Gasteiger partial charge < -0.3 is 10.1 Å². The number of nitrogens with zero attached hydrogens (tertiary/aromatic N) is 2. The zero-order chi connectivity index (χ0) is 10.5. The molecule has 2 rings (SSSR count). The zero-order valence-corrected chi connectivity index (χ0v) is 8.44. The van der Waals surface area contributed by atoms with Gasteiger partial charge in [-0.05, 0) is 19.0 Å². The zero-order valence-electron chi connectivity index (χ0n) is 8.44. The monoisotopic (exact) mass is 203 g/mol. The average Bonchev–Trinajstić information content (AvgIpc) is 2.79. The van der Waals surface area contributed by atoms with Crippen molar-refractivity contribution in [2.75, 3.05) is 19.7 Å². The van der Waals surface area contributed by atoms with Crippen LogP contribution in [0.15, 0.2) is 18.3 Å². The molecule has 0 unspecified atom stereocenters. The van der Waals surface area contributed by atoms with E-state index in [1.165, 1.54) is 0 Å². The van der Waals surface area contributed by atoms with Crippen molar-refractivity contribution < 1.29 is 4.74 Å². The largest absolute Gasteiger partial charge is 0.477 e. The average molecular weight is 203 g/mol. The van der Waals surface area contributed by atoms with Crippen molar-refractivity contribution in [3.63, 3.8) is 0 Å². The Bertz CT molecular complexity index is 366. The predicted octanol–water partition coefficient (Wildman–Crippen LogP) is 0.942. The number of rotatable bonds is 3. The molecule has 0 aliphatic carbocycles. The van der Waals surface area contributed by atoms with E-state index in [1.54, 1.807) is 18.3 Å². The molecule has 0 saturated carbocycles. The van der Waals surface area contributed by atoms with Gasteiger partial charge in [0.1, 0.15) is 0 Å². The van der Waals surface area contributed by atoms with Crippen LogP contribution < -0.4 is 10.1 Å². The van der Waals surface area contributed by atoms with Crippen molar-refractivity contribution in [1.82, 2.24) is 10.3 Å². The summed E-state index contributed by atoms with van der Waals surface area (Å²) in [5, 5.41) is 12.0. The maximum atomic E-state index is 8.70. The molecule has 0 spiro atoms. The van der Waals surface area contributed by atoms with Gasteiger partial charge in [-0.1, -0.05) is 0 Å². The Morgan fingerprint density at radius 3 is 3.33 bits per heavy atom. The van der Waals surface area contributed by atoms with Gasteiger partial charge in [0, 0.05) is 24.7 Å². The summed E-state index contributed by atoms with van der Waals surface area (Å²) in [7, 11) is 0. The van der Waals surface area contributed by atoms with Crippen LogP contribution in [0.1, 0.15) is 12.0 Å². The molecule has 1 aliphatic heterocycles. The molecule has 1 atom stereocenters. The molecule has 4 heteroatoms. The summed E-state index contributed by atoms with van der Waals surface area (Å²) >= 11 is 0. The summed E-state index contributed by atoms with van der Waals surface area (Å²) in [6.45, 7) is 2.76. The SMILES string of the molecule is N#Cc1ccnc(OC[C@@H]2CCNC2)c1. The van der Waals surface area contributed by atoms with Crippen molar-refractivity contribution in [3.05, 3.63) is 23.9 Å². The lowest BCUT2D eigenvalue weighted by Crippen LogP contribution is -2.15. The first-order chi connectivity index (χ1) is 7.38. The van der Waals surface area contributed by atoms with Crippen LogP contribution in [0.3, 0.4) is 0 Å². The molecule has 1 aromatic rings. The summed E-state index contributed by atoms with van der Waals surface area (Å²) in [4.78, 5) is 4.05. The molecule has 1 N–H and O–H groups in total. The Kier molecular flexibility index (Phi) is 3.15. The Morgan fingerprint density at radius 2 is 2.60 bits per heavy atom. The van der Waals surface area contributed by atoms with E-state index >= 15 is 0 Å². The number of hydrogen-bond acceptors (Lipinski definition) is 4. The molecule has 78 valence electrons. The van der Waals surface area contributed by atoms with Crippen LogP contribution in [-0.2, 0) is 0 Å². The van der Waals surface area contributed by atoms with E-state index < -0.39 is 0 Å². The molecule has 4 nitrogen and oxygen atoms in total. The van der Waals surface area contributed by atoms with E-state index in [4.69, 9.17) is 10.00 Å². The van der Waals surface area contributed by atoms with E-state index in [0.717, 1.165) is 19.5 Å². The fourth-order valence-electron chi connectivity index (χ4n) is 1.62. The Balaban J connectivity index is 1.90. The van der Waals surface area contributed by atoms with Crippen molar-refractivity contribution >= 4 is 0 Å². The summed E-state index contributed by atoms with van der Waals surface area (Å²) in [5.74, 6) is 1.11. The molecule has 1 aromatic heterocycles. The molecule has 0 aromatic carbocycles. The van der Waals surface area contributed by atoms with E-state index in [-0.39, 0.29) is 0 Å². The molecule has 0 radical (unpaired) electrons. The third-order valence-corrected chi connectivity index (χ3v) is 2.49. The number of ether oxygens (including phenoxy) is 1. The summed E-state index contributed by atoms with van der Waals surface area (Å²) in [5.41, 5.74) is 0.588. The Morgan fingerprint density at radius 1 is 1.67 bits per heavy atom. The molecule has 1 saturated heterocycles. The number of pyridine rings is 1. The molecule has 1 aliphatic rings. The highest BCUT2D eigenvalue weighted by molar-refractivity contribution is 5.31. The smallest absolute Gasteiger partial charge is 0.214 e. The summed E-state index contributed by atoms with van der Waals surface area (Å²) < 4.78 is 5.53. The maximum absolute atomic E-state index is 8.70. The van der Waals surface area contributed by atoms with Crippen LogP contribution in [0.2, 0.25) is 0 Å². The highest BCUT2D eigenvalue weighted by Gasteiger charge is 2.15. The molecular weight excluding hydrogens is 190 g/mol. The van der Waals surface area contributed by atoms with Crippen molar-refractivity contribution in [1.29, 1.82) is 5.26 Å². The fraction of sp³-hybridized carbons (Fsp3) is 0.455. The summed E-state index contributed by atoms with van der Waals surface area (Å²) in [6, 6.07) is 5.40. The van der Waals surface area contributed by atoms with Crippen molar-refractivity contribution in [3.8, 4) is 11.9 Å². The molecular formula is C11H13N3O. The normalized spacial score (nSPS) is 19.8. The first kappa shape index (κ1) is 9.94. The topological polar surface area (TPSA) is 57.9 Å². The minimum atomic E-state index is 0.543. The van der Waals surface area contributed by atoms with Crippen LogP contribution in [0, 0.1) is 17.2 Å². The molecule has 1 fully saturated rings. The second-order valence-electron chi connectivity index (χ2n) is 3.66. The van der Waals surface area contributed by atoms with E-state index in [1.807, 2.05) is 0 Å². The second kappa shape index (κ2) is 4.76. The quantitative estimate of drug-likeness (QED) is 0.794. The van der Waals surface area contributed by atoms with Crippen molar-refractivity contribution in [2.24, 2.45) is 5.92 Å². The maximum Gasteiger partial charge on any atom is 0.214 e. The van der Waals surface area contributed by atoms with Gasteiger partial charge in [0.2, 0.25) is 5.88 Å². The van der Waals surface area contributed by atoms with Crippen molar-refractivity contribution in [2.45, 2.75) is 6.42 Å². The third-order valence-electron chi connectivity index (χ3n) is 2.49. The highest BCUT2D eigenvalue weighted by atomic mass is 16.5. The number of nitriles is 1. The van der Waals surface area contributed by atoms with Gasteiger partial charge in [0.05, 0.1) is 18.2 Å². The molecule has 15 heavy (non-hydrogen) atoms. The minimum absolute atomic E-state index is 0.543. The first-order valence-electron chi connectivity index (χ1n) is 5.08. The Labute approximate surface area is 88.9 Å². The first-order valence-corrected chi connectivity index (χ1v) is 5.08. The Hall–Kier alpha value is -1.60. The number of nitrogens with one attached hydrogen (secondary N) is 1. The van der Waals surface area contributed by atoms with E-state index in [9.17, 15) is 0 Å². The van der Waals surface area contributed by atoms with Gasteiger partial charge in [-0.2, -0.15) is 5.26 Å². The fourth-order valence-corrected chi connectivity index (χ4v) is 1.62. The van der Waals surface area contributed by atoms with Gasteiger partial charge in [0.25, 0.3) is 0 Å². The molecule has 0 bridgehead atoms. The van der Waals surface area contributed by atoms with Crippen LogP contribution >= 0.6 is 0 Å². The van der Waals surface area contributed by atoms with Gasteiger partial charge in [-0.25, -0.2) is 4.98 Å². The van der Waals surface area contributed by atoms with Gasteiger partial charge in [-0.15, -0.1) is 0 Å². The van der Waals surface area contributed by atoms with Crippen LogP contribution in [-0.4, -0.2) is 24.7 Å². The lowest BCUT2D eigenvalue weighted by molar-refractivity contribution is 0.251. The molecule has 0 amide bonds. The lowest BCUT2D eigenvalue weighted by atomic mass is 10.1. The van der Waals surface area contributed by atoms with Crippen LogP contribution in [0.25, 0.3) is 0 Å². The second-order valence-corrected chi connectivity index (χ2v) is 3.66. The third kappa shape index (κ3) is 2.67. The van der Waals surface area contributed by atoms with Crippen LogP contribution in [0.4, 0.5) is 0 Å². The highest BCUT2D eigenvalue weighted by Crippen LogP contribution is 2.12. The minimum Gasteiger partial charge on any atom is -0.477 e. The number of hydrogen-bond donors (Lipinski definition) is 1. The van der Waals surface area contributed by atoms with Gasteiger partial charge in [-0.3, -0.25) is 0 Å². The molecule has 2 heterocycles. The summed E-state index contributed by atoms with van der Waals surface area (Å²) in [6.07, 6.45) is 2.75. The van der Waals surface area contributed by atoms with Crippen LogP contribution in [0.5, 0.6) is 5.88 Å². The number of aromatic nitrogens is 1. The lowest BCUT2D eigenvalue weighted by Gasteiger charge is -2.09. The van der Waals surface area contributed by atoms with E-state index in [2.05, 4.69) is 16.4 Å². The standard InChI is InChI=1S/C11H13N3O/c12-6-9-2-4-14-11(5-9)15-8-10-1-3-13-7-10/h2,4-5,10,13H,1,3,7-8H2/t10-/m1/s1. The van der Waals surface area contributed by atoms with Gasteiger partial charge in [0.15, 0.2) is 0 Å². The van der Waals surface area contributed by atoms with E-state index in [0.29, 0.717) is 24.0 Å².